The van der Waals surface area contributed by atoms with E-state index in [4.69, 9.17) is 15.0 Å². The molecule has 0 N–H and O–H groups in total. The average Bonchev–Trinajstić information content (AvgIpc) is 3.57. The molecule has 0 saturated heterocycles. The molecule has 13 rings (SSSR count). The van der Waals surface area contributed by atoms with Crippen molar-refractivity contribution in [1.29, 1.82) is 0 Å². The molecule has 8 aromatic rings. The molecule has 5 aliphatic carbocycles. The predicted octanol–water partition coefficient (Wildman–Crippen LogP) is 13.1. The maximum Gasteiger partial charge on any atom is 0.164 e. The van der Waals surface area contributed by atoms with Crippen molar-refractivity contribution in [2.24, 2.45) is 23.7 Å². The second kappa shape index (κ2) is 12.4. The molecule has 0 atom stereocenters. The summed E-state index contributed by atoms with van der Waals surface area (Å²) in [5.41, 5.74) is 13.8. The lowest BCUT2D eigenvalue weighted by Crippen LogP contribution is -2.55. The van der Waals surface area contributed by atoms with E-state index in [0.717, 1.165) is 40.4 Å². The summed E-state index contributed by atoms with van der Waals surface area (Å²) >= 11 is 0. The number of fused-ring (bicyclic) bond motifs is 5. The smallest absolute Gasteiger partial charge is 0.164 e. The van der Waals surface area contributed by atoms with Gasteiger partial charge in [-0.05, 0) is 117 Å². The van der Waals surface area contributed by atoms with Crippen LogP contribution in [-0.2, 0) is 5.41 Å². The normalized spacial score (nSPS) is 22.7. The van der Waals surface area contributed by atoms with Gasteiger partial charge in [-0.2, -0.15) is 0 Å². The minimum Gasteiger partial charge on any atom is -0.208 e. The van der Waals surface area contributed by atoms with Gasteiger partial charge in [0.2, 0.25) is 0 Å². The van der Waals surface area contributed by atoms with Gasteiger partial charge in [-0.15, -0.1) is 0 Å². The van der Waals surface area contributed by atoms with E-state index in [1.165, 1.54) is 76.3 Å². The first kappa shape index (κ1) is 32.1. The topological polar surface area (TPSA) is 38.7 Å². The Balaban J connectivity index is 1.01. The van der Waals surface area contributed by atoms with Crippen LogP contribution in [0, 0.1) is 23.7 Å². The second-order valence-electron chi connectivity index (χ2n) is 16.8. The number of aromatic nitrogens is 3. The third kappa shape index (κ3) is 4.86. The third-order valence-corrected chi connectivity index (χ3v) is 13.9. The molecule has 3 heteroatoms. The Morgan fingerprint density at radius 2 is 0.821 bits per heavy atom. The van der Waals surface area contributed by atoms with Crippen LogP contribution in [0.15, 0.2) is 164 Å². The van der Waals surface area contributed by atoms with Crippen molar-refractivity contribution in [2.45, 2.75) is 37.5 Å². The van der Waals surface area contributed by atoms with Crippen molar-refractivity contribution < 1.29 is 0 Å². The van der Waals surface area contributed by atoms with E-state index < -0.39 is 0 Å². The molecule has 5 aliphatic rings. The molecule has 1 aromatic heterocycles. The van der Waals surface area contributed by atoms with E-state index in [-0.39, 0.29) is 5.41 Å². The van der Waals surface area contributed by atoms with E-state index in [0.29, 0.717) is 17.5 Å². The van der Waals surface area contributed by atoms with E-state index >= 15 is 0 Å². The minimum atomic E-state index is 0.134. The van der Waals surface area contributed by atoms with E-state index in [9.17, 15) is 0 Å². The summed E-state index contributed by atoms with van der Waals surface area (Å²) in [6, 6.07) is 59.4. The lowest BCUT2D eigenvalue weighted by atomic mass is 9.43. The zero-order chi connectivity index (χ0) is 36.8. The monoisotopic (exact) mass is 719 g/mol. The van der Waals surface area contributed by atoms with Crippen molar-refractivity contribution in [1.82, 2.24) is 15.0 Å². The van der Waals surface area contributed by atoms with Crippen LogP contribution in [0.25, 0.3) is 78.3 Å². The van der Waals surface area contributed by atoms with E-state index in [1.54, 1.807) is 11.1 Å². The van der Waals surface area contributed by atoms with Crippen molar-refractivity contribution >= 4 is 10.8 Å². The average molecular weight is 720 g/mol. The predicted molar refractivity (Wildman–Crippen MR) is 228 cm³/mol. The quantitative estimate of drug-likeness (QED) is 0.178. The minimum absolute atomic E-state index is 0.134. The Kier molecular flexibility index (Phi) is 7.11. The molecule has 4 fully saturated rings. The molecular formula is C53H41N3. The molecule has 7 aromatic carbocycles. The van der Waals surface area contributed by atoms with Gasteiger partial charge in [0.05, 0.1) is 0 Å². The summed E-state index contributed by atoms with van der Waals surface area (Å²) in [5.74, 6) is 5.35. The van der Waals surface area contributed by atoms with Crippen molar-refractivity contribution in [2.75, 3.05) is 0 Å². The van der Waals surface area contributed by atoms with Gasteiger partial charge in [0, 0.05) is 22.1 Å². The fraction of sp³-hybridized carbons (Fsp3) is 0.189. The van der Waals surface area contributed by atoms with Crippen LogP contribution in [0.2, 0.25) is 0 Å². The van der Waals surface area contributed by atoms with Gasteiger partial charge in [0.1, 0.15) is 0 Å². The van der Waals surface area contributed by atoms with Crippen LogP contribution in [-0.4, -0.2) is 15.0 Å². The number of nitrogens with zero attached hydrogens (tertiary/aromatic N) is 3. The lowest BCUT2D eigenvalue weighted by Gasteiger charge is -2.61. The summed E-state index contributed by atoms with van der Waals surface area (Å²) in [7, 11) is 0. The molecule has 1 spiro atoms. The SMILES string of the molecule is c1ccc(-c2ccc(-c3nc(-c4ccc(-c5ccccc5)cc4)nc(-c4ccc5ccc6c(c5c4)-c4ccccc4C64C5CC6CC(C5)CC4C6)n3)cc2)cc1. The molecular weight excluding hydrogens is 679 g/mol. The summed E-state index contributed by atoms with van der Waals surface area (Å²) in [6.07, 6.45) is 6.99. The second-order valence-corrected chi connectivity index (χ2v) is 16.8. The highest BCUT2D eigenvalue weighted by molar-refractivity contribution is 6.04. The maximum atomic E-state index is 5.23. The van der Waals surface area contributed by atoms with Crippen LogP contribution in [0.1, 0.15) is 43.2 Å². The fourth-order valence-electron chi connectivity index (χ4n) is 11.8. The number of rotatable bonds is 5. The highest BCUT2D eigenvalue weighted by Gasteiger charge is 2.61. The van der Waals surface area contributed by atoms with Gasteiger partial charge >= 0.3 is 0 Å². The van der Waals surface area contributed by atoms with Gasteiger partial charge in [-0.1, -0.05) is 158 Å². The van der Waals surface area contributed by atoms with E-state index in [2.05, 4.69) is 164 Å². The fourth-order valence-corrected chi connectivity index (χ4v) is 11.8. The zero-order valence-electron chi connectivity index (χ0n) is 31.3. The summed E-state index contributed by atoms with van der Waals surface area (Å²) < 4.78 is 0. The first-order chi connectivity index (χ1) is 27.7. The number of hydrogen-bond donors (Lipinski definition) is 0. The highest BCUT2D eigenvalue weighted by atomic mass is 15.0. The van der Waals surface area contributed by atoms with Crippen molar-refractivity contribution in [3.63, 3.8) is 0 Å². The number of hydrogen-bond acceptors (Lipinski definition) is 3. The van der Waals surface area contributed by atoms with Crippen LogP contribution >= 0.6 is 0 Å². The van der Waals surface area contributed by atoms with Gasteiger partial charge < -0.3 is 0 Å². The molecule has 4 saturated carbocycles. The van der Waals surface area contributed by atoms with E-state index in [1.807, 2.05) is 0 Å². The summed E-state index contributed by atoms with van der Waals surface area (Å²) in [4.78, 5) is 15.6. The number of benzene rings is 7. The van der Waals surface area contributed by atoms with Gasteiger partial charge in [0.25, 0.3) is 0 Å². The Hall–Kier alpha value is -6.19. The maximum absolute atomic E-state index is 5.23. The summed E-state index contributed by atoms with van der Waals surface area (Å²) in [6.45, 7) is 0. The standard InChI is InChI=1S/C53H41N3/c1-3-9-35(10-4-1)37-15-20-40(21-16-37)50-54-51(41-22-17-38(18-23-41)36-11-5-2-6-12-36)56-52(55-50)42-24-19-39-25-26-48-49(46(39)32-42)45-13-7-8-14-47(45)53(48)43-28-33-27-34(30-43)31-44(53)29-33/h1-26,32-34,43-44H,27-31H2. The molecule has 0 aliphatic heterocycles. The Bertz CT molecular complexity index is 2660. The highest BCUT2D eigenvalue weighted by Crippen LogP contribution is 2.69. The Labute approximate surface area is 328 Å². The van der Waals surface area contributed by atoms with Crippen molar-refractivity contribution in [3.8, 4) is 67.5 Å². The lowest BCUT2D eigenvalue weighted by molar-refractivity contribution is -0.0399. The molecule has 1 heterocycles. The first-order valence-corrected chi connectivity index (χ1v) is 20.4. The molecule has 56 heavy (non-hydrogen) atoms. The van der Waals surface area contributed by atoms with Crippen LogP contribution in [0.4, 0.5) is 0 Å². The van der Waals surface area contributed by atoms with Gasteiger partial charge in [0.15, 0.2) is 17.5 Å². The molecule has 3 nitrogen and oxygen atoms in total. The molecule has 0 unspecified atom stereocenters. The molecule has 0 radical (unpaired) electrons. The third-order valence-electron chi connectivity index (χ3n) is 13.9. The Morgan fingerprint density at radius 3 is 1.39 bits per heavy atom. The molecule has 0 amide bonds. The van der Waals surface area contributed by atoms with Crippen LogP contribution < -0.4 is 0 Å². The Morgan fingerprint density at radius 1 is 0.375 bits per heavy atom. The molecule has 268 valence electrons. The first-order valence-electron chi connectivity index (χ1n) is 20.4. The summed E-state index contributed by atoms with van der Waals surface area (Å²) in [5, 5.41) is 2.58. The molecule has 4 bridgehead atoms. The van der Waals surface area contributed by atoms with Crippen LogP contribution in [0.3, 0.4) is 0 Å². The zero-order valence-corrected chi connectivity index (χ0v) is 31.3. The van der Waals surface area contributed by atoms with Crippen LogP contribution in [0.5, 0.6) is 0 Å². The van der Waals surface area contributed by atoms with Gasteiger partial charge in [-0.3, -0.25) is 0 Å². The largest absolute Gasteiger partial charge is 0.208 e. The van der Waals surface area contributed by atoms with Crippen molar-refractivity contribution in [3.05, 3.63) is 175 Å². The van der Waals surface area contributed by atoms with Gasteiger partial charge in [-0.25, -0.2) is 15.0 Å².